The van der Waals surface area contributed by atoms with E-state index in [2.05, 4.69) is 13.8 Å². The number of ether oxygens (including phenoxy) is 1. The van der Waals surface area contributed by atoms with Crippen LogP contribution in [0.1, 0.15) is 77.4 Å². The summed E-state index contributed by atoms with van der Waals surface area (Å²) in [6, 6.07) is 5.14. The molecule has 0 aliphatic carbocycles. The van der Waals surface area contributed by atoms with Crippen molar-refractivity contribution in [3.63, 3.8) is 0 Å². The first kappa shape index (κ1) is 20.5. The summed E-state index contributed by atoms with van der Waals surface area (Å²) in [6.07, 6.45) is 10.7. The molecular weight excluding hydrogens is 331 g/mol. The van der Waals surface area contributed by atoms with Crippen LogP contribution in [0.4, 0.5) is 4.39 Å². The second kappa shape index (κ2) is 11.0. The summed E-state index contributed by atoms with van der Waals surface area (Å²) >= 11 is 0. The Bertz CT molecular complexity index is 736. The lowest BCUT2D eigenvalue weighted by molar-refractivity contribution is 0.291. The van der Waals surface area contributed by atoms with Gasteiger partial charge in [0.1, 0.15) is 11.1 Å². The molecule has 1 heterocycles. The number of halogens is 1. The molecule has 2 aromatic rings. The third kappa shape index (κ3) is 5.86. The van der Waals surface area contributed by atoms with Crippen LogP contribution >= 0.6 is 0 Å². The molecule has 0 amide bonds. The van der Waals surface area contributed by atoms with Gasteiger partial charge in [-0.15, -0.1) is 0 Å². The van der Waals surface area contributed by atoms with Gasteiger partial charge >= 0.3 is 5.63 Å². The van der Waals surface area contributed by atoms with Gasteiger partial charge in [0.05, 0.1) is 6.61 Å². The van der Waals surface area contributed by atoms with Gasteiger partial charge < -0.3 is 9.15 Å². The van der Waals surface area contributed by atoms with Crippen molar-refractivity contribution in [2.24, 2.45) is 0 Å². The minimum absolute atomic E-state index is 0.00853. The van der Waals surface area contributed by atoms with Gasteiger partial charge in [-0.2, -0.15) is 0 Å². The number of rotatable bonds is 12. The van der Waals surface area contributed by atoms with Crippen LogP contribution in [-0.4, -0.2) is 6.61 Å². The molecule has 0 aliphatic heterocycles. The Morgan fingerprint density at radius 3 is 2.38 bits per heavy atom. The molecule has 0 fully saturated rings. The number of hydrogen-bond acceptors (Lipinski definition) is 3. The number of fused-ring (bicyclic) bond motifs is 1. The highest BCUT2D eigenvalue weighted by Crippen LogP contribution is 2.25. The van der Waals surface area contributed by atoms with E-state index in [4.69, 9.17) is 9.15 Å². The van der Waals surface area contributed by atoms with E-state index in [1.807, 2.05) is 0 Å². The summed E-state index contributed by atoms with van der Waals surface area (Å²) in [5.74, 6) is 0.154. The molecule has 0 N–H and O–H groups in total. The average Bonchev–Trinajstić information content (AvgIpc) is 2.63. The highest BCUT2D eigenvalue weighted by molar-refractivity contribution is 5.83. The highest BCUT2D eigenvalue weighted by atomic mass is 19.1. The van der Waals surface area contributed by atoms with Crippen LogP contribution in [0.25, 0.3) is 10.8 Å². The Morgan fingerprint density at radius 2 is 1.65 bits per heavy atom. The molecule has 0 unspecified atom stereocenters. The van der Waals surface area contributed by atoms with E-state index in [1.165, 1.54) is 19.3 Å². The zero-order valence-electron chi connectivity index (χ0n) is 16.1. The molecule has 0 aliphatic rings. The summed E-state index contributed by atoms with van der Waals surface area (Å²) in [5.41, 5.74) is -0.611. The summed E-state index contributed by atoms with van der Waals surface area (Å²) in [7, 11) is 0. The molecule has 4 heteroatoms. The second-order valence-corrected chi connectivity index (χ2v) is 6.92. The highest BCUT2D eigenvalue weighted by Gasteiger charge is 2.14. The minimum Gasteiger partial charge on any atom is -0.490 e. The predicted molar refractivity (Wildman–Crippen MR) is 105 cm³/mol. The van der Waals surface area contributed by atoms with E-state index < -0.39 is 11.4 Å². The quantitative estimate of drug-likeness (QED) is 0.410. The maximum atomic E-state index is 14.6. The summed E-state index contributed by atoms with van der Waals surface area (Å²) in [4.78, 5) is 12.3. The first-order valence-corrected chi connectivity index (χ1v) is 10.0. The number of hydrogen-bond donors (Lipinski definition) is 0. The maximum Gasteiger partial charge on any atom is 0.346 e. The van der Waals surface area contributed by atoms with Gasteiger partial charge in [0, 0.05) is 6.42 Å². The van der Waals surface area contributed by atoms with Crippen molar-refractivity contribution in [2.75, 3.05) is 6.61 Å². The van der Waals surface area contributed by atoms with Crippen molar-refractivity contribution < 1.29 is 13.5 Å². The predicted octanol–water partition coefficient (Wildman–Crippen LogP) is 6.40. The van der Waals surface area contributed by atoms with Crippen molar-refractivity contribution in [1.82, 2.24) is 0 Å². The fourth-order valence-electron chi connectivity index (χ4n) is 3.12. The van der Waals surface area contributed by atoms with Gasteiger partial charge in [-0.05, 0) is 30.4 Å². The maximum absolute atomic E-state index is 14.6. The molecule has 0 radical (unpaired) electrons. The molecule has 144 valence electrons. The zero-order valence-corrected chi connectivity index (χ0v) is 16.1. The van der Waals surface area contributed by atoms with E-state index in [9.17, 15) is 9.18 Å². The minimum atomic E-state index is -0.611. The fraction of sp³-hybridized carbons (Fsp3) is 0.591. The smallest absolute Gasteiger partial charge is 0.346 e. The molecule has 3 nitrogen and oxygen atoms in total. The van der Waals surface area contributed by atoms with E-state index in [-0.39, 0.29) is 11.1 Å². The SMILES string of the molecule is CCCCCCCc1cc2ccc(OCCCCCC)c(F)c2c(=O)o1. The van der Waals surface area contributed by atoms with Crippen LogP contribution in [0.2, 0.25) is 0 Å². The van der Waals surface area contributed by atoms with Gasteiger partial charge in [-0.25, -0.2) is 9.18 Å². The molecule has 0 spiro atoms. The standard InChI is InChI=1S/C22H31FO3/c1-3-5-7-9-10-12-18-16-17-13-14-19(25-15-11-8-6-4-2)21(23)20(17)22(24)26-18/h13-14,16H,3-12,15H2,1-2H3. The molecule has 1 aromatic carbocycles. The molecular formula is C22H31FO3. The van der Waals surface area contributed by atoms with Gasteiger partial charge in [0.25, 0.3) is 0 Å². The zero-order chi connectivity index (χ0) is 18.8. The van der Waals surface area contributed by atoms with Crippen LogP contribution in [0, 0.1) is 5.82 Å². The number of unbranched alkanes of at least 4 members (excludes halogenated alkanes) is 7. The Labute approximate surface area is 155 Å². The van der Waals surface area contributed by atoms with Crippen LogP contribution in [-0.2, 0) is 6.42 Å². The van der Waals surface area contributed by atoms with Crippen molar-refractivity contribution in [2.45, 2.75) is 78.1 Å². The summed E-state index contributed by atoms with van der Waals surface area (Å²) in [6.45, 7) is 4.78. The second-order valence-electron chi connectivity index (χ2n) is 6.92. The lowest BCUT2D eigenvalue weighted by atomic mass is 10.1. The third-order valence-corrected chi connectivity index (χ3v) is 4.67. The van der Waals surface area contributed by atoms with Gasteiger partial charge in [0.15, 0.2) is 11.6 Å². The van der Waals surface area contributed by atoms with Crippen LogP contribution < -0.4 is 10.4 Å². The average molecular weight is 362 g/mol. The lowest BCUT2D eigenvalue weighted by Gasteiger charge is -2.09. The van der Waals surface area contributed by atoms with E-state index in [0.717, 1.165) is 38.5 Å². The monoisotopic (exact) mass is 362 g/mol. The number of aryl methyl sites for hydroxylation is 1. The van der Waals surface area contributed by atoms with E-state index in [0.29, 0.717) is 24.2 Å². The Kier molecular flexibility index (Phi) is 8.66. The van der Waals surface area contributed by atoms with Crippen molar-refractivity contribution in [3.8, 4) is 5.75 Å². The topological polar surface area (TPSA) is 39.4 Å². The van der Waals surface area contributed by atoms with Crippen molar-refractivity contribution in [1.29, 1.82) is 0 Å². The summed E-state index contributed by atoms with van der Waals surface area (Å²) < 4.78 is 25.5. The van der Waals surface area contributed by atoms with Gasteiger partial charge in [0.2, 0.25) is 0 Å². The van der Waals surface area contributed by atoms with Crippen LogP contribution in [0.3, 0.4) is 0 Å². The van der Waals surface area contributed by atoms with Crippen LogP contribution in [0.5, 0.6) is 5.75 Å². The van der Waals surface area contributed by atoms with Gasteiger partial charge in [-0.1, -0.05) is 64.9 Å². The molecule has 0 saturated heterocycles. The van der Waals surface area contributed by atoms with Crippen molar-refractivity contribution >= 4 is 10.8 Å². The Balaban J connectivity index is 2.04. The molecule has 2 rings (SSSR count). The van der Waals surface area contributed by atoms with E-state index >= 15 is 0 Å². The van der Waals surface area contributed by atoms with Gasteiger partial charge in [-0.3, -0.25) is 0 Å². The first-order valence-electron chi connectivity index (χ1n) is 10.0. The number of benzene rings is 1. The molecule has 0 bridgehead atoms. The molecule has 26 heavy (non-hydrogen) atoms. The van der Waals surface area contributed by atoms with Crippen molar-refractivity contribution in [3.05, 3.63) is 40.2 Å². The lowest BCUT2D eigenvalue weighted by Crippen LogP contribution is -2.07. The molecule has 1 aromatic heterocycles. The largest absolute Gasteiger partial charge is 0.490 e. The Hall–Kier alpha value is -1.84. The molecule has 0 saturated carbocycles. The summed E-state index contributed by atoms with van der Waals surface area (Å²) in [5, 5.41) is 0.575. The third-order valence-electron chi connectivity index (χ3n) is 4.67. The van der Waals surface area contributed by atoms with Crippen LogP contribution in [0.15, 0.2) is 27.4 Å². The fourth-order valence-corrected chi connectivity index (χ4v) is 3.12. The molecule has 0 atom stereocenters. The van der Waals surface area contributed by atoms with E-state index in [1.54, 1.807) is 18.2 Å². The first-order chi connectivity index (χ1) is 12.7. The normalized spacial score (nSPS) is 11.2. The Morgan fingerprint density at radius 1 is 0.962 bits per heavy atom.